The molecule has 1 atom stereocenters. The highest BCUT2D eigenvalue weighted by molar-refractivity contribution is 6.00. The first-order chi connectivity index (χ1) is 16.0. The maximum Gasteiger partial charge on any atom is 0.273 e. The Morgan fingerprint density at radius 1 is 1.30 bits per heavy atom. The van der Waals surface area contributed by atoms with E-state index >= 15 is 0 Å². The highest BCUT2D eigenvalue weighted by atomic mass is 16.5. The van der Waals surface area contributed by atoms with Crippen LogP contribution in [0.1, 0.15) is 57.9 Å². The molecule has 2 N–H and O–H groups in total. The van der Waals surface area contributed by atoms with E-state index in [-0.39, 0.29) is 34.7 Å². The van der Waals surface area contributed by atoms with Crippen molar-refractivity contribution >= 4 is 22.8 Å². The number of aromatic nitrogens is 1. The lowest BCUT2D eigenvalue weighted by molar-refractivity contribution is 0.0685. The molecule has 2 aromatic heterocycles. The molecule has 1 aliphatic carbocycles. The Labute approximate surface area is 189 Å². The molecule has 6 rings (SSSR count). The van der Waals surface area contributed by atoms with Crippen LogP contribution in [0.4, 0.5) is 0 Å². The summed E-state index contributed by atoms with van der Waals surface area (Å²) in [4.78, 5) is 28.2. The number of likely N-dealkylation sites (tertiary alicyclic amines) is 1. The van der Waals surface area contributed by atoms with Crippen molar-refractivity contribution in [3.8, 4) is 5.75 Å². The minimum atomic E-state index is -0.317. The van der Waals surface area contributed by atoms with Gasteiger partial charge in [0.15, 0.2) is 5.69 Å². The molecule has 3 aromatic rings. The van der Waals surface area contributed by atoms with E-state index in [1.165, 1.54) is 12.3 Å². The van der Waals surface area contributed by atoms with E-state index in [0.717, 1.165) is 25.7 Å². The summed E-state index contributed by atoms with van der Waals surface area (Å²) in [6.07, 6.45) is 6.26. The first-order valence-electron chi connectivity index (χ1n) is 11.4. The van der Waals surface area contributed by atoms with Crippen LogP contribution in [0.15, 0.2) is 33.4 Å². The number of hydrogen-bond donors (Lipinski definition) is 2. The number of nitrogens with zero attached hydrogens (tertiary/aromatic N) is 2. The van der Waals surface area contributed by atoms with Gasteiger partial charge in [-0.25, -0.2) is 0 Å². The summed E-state index contributed by atoms with van der Waals surface area (Å²) in [6.45, 7) is 1.85. The van der Waals surface area contributed by atoms with E-state index in [9.17, 15) is 14.7 Å². The lowest BCUT2D eigenvalue weighted by Crippen LogP contribution is -2.43. The molecule has 2 fully saturated rings. The number of carbonyl (C=O) groups excluding carboxylic acids is 2. The van der Waals surface area contributed by atoms with Crippen molar-refractivity contribution in [2.75, 3.05) is 19.7 Å². The third-order valence-electron chi connectivity index (χ3n) is 7.39. The van der Waals surface area contributed by atoms with Gasteiger partial charge in [0.1, 0.15) is 17.1 Å². The van der Waals surface area contributed by atoms with Gasteiger partial charge in [-0.1, -0.05) is 11.6 Å². The quantitative estimate of drug-likeness (QED) is 0.626. The second-order valence-corrected chi connectivity index (χ2v) is 9.42. The standard InChI is InChI=1S/C24H25N3O6/c28-18-8-14(9-20-16(18)2-7-32-20)23(30)27-13-24(4-1-5-24)10-15(27)11-25-22(29)21-17-12-31-6-3-19(17)33-26-21/h2,7-9,15,28H,1,3-6,10-13H2,(H,25,29). The van der Waals surface area contributed by atoms with E-state index < -0.39 is 0 Å². The van der Waals surface area contributed by atoms with Gasteiger partial charge in [-0.3, -0.25) is 9.59 Å². The van der Waals surface area contributed by atoms with E-state index in [1.54, 1.807) is 12.1 Å². The molecular weight excluding hydrogens is 426 g/mol. The number of furan rings is 1. The number of nitrogens with one attached hydrogen (secondary N) is 1. The summed E-state index contributed by atoms with van der Waals surface area (Å²) in [5.41, 5.74) is 1.93. The SMILES string of the molecule is O=C(NCC1CC2(CCC2)CN1C(=O)c1cc(O)c2ccoc2c1)c1noc2c1COCC2. The molecule has 1 aromatic carbocycles. The van der Waals surface area contributed by atoms with E-state index in [4.69, 9.17) is 13.7 Å². The summed E-state index contributed by atoms with van der Waals surface area (Å²) in [5.74, 6) is 0.233. The molecule has 172 valence electrons. The Hall–Kier alpha value is -3.33. The number of carbonyl (C=O) groups is 2. The third-order valence-corrected chi connectivity index (χ3v) is 7.39. The monoisotopic (exact) mass is 451 g/mol. The summed E-state index contributed by atoms with van der Waals surface area (Å²) in [7, 11) is 0. The van der Waals surface area contributed by atoms with Gasteiger partial charge in [0.05, 0.1) is 30.4 Å². The molecule has 9 heteroatoms. The predicted molar refractivity (Wildman–Crippen MR) is 116 cm³/mol. The molecule has 0 radical (unpaired) electrons. The number of aromatic hydroxyl groups is 1. The first kappa shape index (κ1) is 20.3. The topological polar surface area (TPSA) is 118 Å². The lowest BCUT2D eigenvalue weighted by atomic mass is 9.67. The molecule has 9 nitrogen and oxygen atoms in total. The van der Waals surface area contributed by atoms with Crippen LogP contribution in [0.3, 0.4) is 0 Å². The van der Waals surface area contributed by atoms with Crippen molar-refractivity contribution in [2.24, 2.45) is 5.41 Å². The highest BCUT2D eigenvalue weighted by Gasteiger charge is 2.49. The van der Waals surface area contributed by atoms with Gasteiger partial charge >= 0.3 is 0 Å². The molecule has 0 bridgehead atoms. The molecule has 3 aliphatic rings. The Morgan fingerprint density at radius 3 is 3.00 bits per heavy atom. The Bertz CT molecular complexity index is 1240. The van der Waals surface area contributed by atoms with Gasteiger partial charge in [-0.05, 0) is 42.9 Å². The van der Waals surface area contributed by atoms with Gasteiger partial charge in [0.2, 0.25) is 0 Å². The van der Waals surface area contributed by atoms with Gasteiger partial charge in [-0.15, -0.1) is 0 Å². The van der Waals surface area contributed by atoms with E-state index in [2.05, 4.69) is 10.5 Å². The van der Waals surface area contributed by atoms with Crippen molar-refractivity contribution in [1.82, 2.24) is 15.4 Å². The second-order valence-electron chi connectivity index (χ2n) is 9.42. The van der Waals surface area contributed by atoms with Crippen LogP contribution in [0.5, 0.6) is 5.75 Å². The van der Waals surface area contributed by atoms with Crippen LogP contribution >= 0.6 is 0 Å². The third kappa shape index (κ3) is 3.38. The van der Waals surface area contributed by atoms with Gasteiger partial charge < -0.3 is 29.0 Å². The number of fused-ring (bicyclic) bond motifs is 2. The minimum Gasteiger partial charge on any atom is -0.507 e. The fourth-order valence-electron chi connectivity index (χ4n) is 5.47. The van der Waals surface area contributed by atoms with Gasteiger partial charge in [-0.2, -0.15) is 0 Å². The Kier molecular flexibility index (Phi) is 4.69. The van der Waals surface area contributed by atoms with Crippen molar-refractivity contribution in [1.29, 1.82) is 0 Å². The largest absolute Gasteiger partial charge is 0.507 e. The highest BCUT2D eigenvalue weighted by Crippen LogP contribution is 2.50. The fourth-order valence-corrected chi connectivity index (χ4v) is 5.47. The van der Waals surface area contributed by atoms with Crippen LogP contribution in [-0.4, -0.2) is 52.7 Å². The molecule has 2 aliphatic heterocycles. The van der Waals surface area contributed by atoms with E-state index in [1.807, 2.05) is 4.90 Å². The number of rotatable bonds is 4. The maximum absolute atomic E-state index is 13.5. The number of phenolic OH excluding ortho intramolecular Hbond substituents is 1. The normalized spacial score (nSPS) is 21.2. The zero-order chi connectivity index (χ0) is 22.6. The number of ether oxygens (including phenoxy) is 1. The fraction of sp³-hybridized carbons (Fsp3) is 0.458. The van der Waals surface area contributed by atoms with Crippen LogP contribution < -0.4 is 5.32 Å². The average Bonchev–Trinajstić information content (AvgIpc) is 3.53. The molecule has 1 saturated heterocycles. The van der Waals surface area contributed by atoms with Crippen LogP contribution in [0.25, 0.3) is 11.0 Å². The molecule has 1 spiro atoms. The second kappa shape index (κ2) is 7.62. The number of amides is 2. The molecular formula is C24H25N3O6. The number of hydrogen-bond acceptors (Lipinski definition) is 7. The molecule has 1 unspecified atom stereocenters. The summed E-state index contributed by atoms with van der Waals surface area (Å²) in [6, 6.07) is 4.68. The maximum atomic E-state index is 13.5. The van der Waals surface area contributed by atoms with Crippen molar-refractivity contribution in [3.63, 3.8) is 0 Å². The summed E-state index contributed by atoms with van der Waals surface area (Å²) >= 11 is 0. The molecule has 4 heterocycles. The van der Waals surface area contributed by atoms with Crippen molar-refractivity contribution < 1.29 is 28.4 Å². The minimum absolute atomic E-state index is 0.0185. The lowest BCUT2D eigenvalue weighted by Gasteiger charge is -2.37. The van der Waals surface area contributed by atoms with Crippen molar-refractivity contribution in [3.05, 3.63) is 47.0 Å². The Morgan fingerprint density at radius 2 is 2.18 bits per heavy atom. The van der Waals surface area contributed by atoms with E-state index in [0.29, 0.717) is 60.6 Å². The zero-order valence-electron chi connectivity index (χ0n) is 18.1. The zero-order valence-corrected chi connectivity index (χ0v) is 18.1. The number of benzene rings is 1. The average molecular weight is 451 g/mol. The first-order valence-corrected chi connectivity index (χ1v) is 11.4. The van der Waals surface area contributed by atoms with Crippen LogP contribution in [0.2, 0.25) is 0 Å². The summed E-state index contributed by atoms with van der Waals surface area (Å²) < 4.78 is 16.2. The predicted octanol–water partition coefficient (Wildman–Crippen LogP) is 3.01. The smallest absolute Gasteiger partial charge is 0.273 e. The number of phenols is 1. The Balaban J connectivity index is 1.22. The van der Waals surface area contributed by atoms with Crippen molar-refractivity contribution in [2.45, 2.75) is 44.8 Å². The molecule has 33 heavy (non-hydrogen) atoms. The van der Waals surface area contributed by atoms with Gasteiger partial charge in [0, 0.05) is 31.1 Å². The van der Waals surface area contributed by atoms with Crippen LogP contribution in [-0.2, 0) is 17.8 Å². The summed E-state index contributed by atoms with van der Waals surface area (Å²) in [5, 5.41) is 17.8. The van der Waals surface area contributed by atoms with Gasteiger partial charge in [0.25, 0.3) is 11.8 Å². The molecule has 1 saturated carbocycles. The molecule has 2 amide bonds. The van der Waals surface area contributed by atoms with Crippen LogP contribution in [0, 0.1) is 5.41 Å².